The summed E-state index contributed by atoms with van der Waals surface area (Å²) in [5.74, 6) is 0.335. The van der Waals surface area contributed by atoms with E-state index in [2.05, 4.69) is 5.32 Å². The highest BCUT2D eigenvalue weighted by Crippen LogP contribution is 2.35. The Kier molecular flexibility index (Phi) is 5.05. The second kappa shape index (κ2) is 6.59. The lowest BCUT2D eigenvalue weighted by atomic mass is 9.82. The van der Waals surface area contributed by atoms with E-state index in [0.29, 0.717) is 13.2 Å². The zero-order valence-electron chi connectivity index (χ0n) is 11.5. The molecule has 2 unspecified atom stereocenters. The van der Waals surface area contributed by atoms with Gasteiger partial charge in [0.05, 0.1) is 12.2 Å². The predicted octanol–water partition coefficient (Wildman–Crippen LogP) is 3.44. The summed E-state index contributed by atoms with van der Waals surface area (Å²) >= 11 is 0. The summed E-state index contributed by atoms with van der Waals surface area (Å²) in [6.45, 7) is 2.04. The maximum absolute atomic E-state index is 12.8. The van der Waals surface area contributed by atoms with E-state index in [1.54, 1.807) is 6.07 Å². The maximum atomic E-state index is 12.8. The number of halogens is 3. The van der Waals surface area contributed by atoms with Crippen molar-refractivity contribution in [2.24, 2.45) is 5.92 Å². The Hall–Kier alpha value is -1.07. The Morgan fingerprint density at radius 2 is 2.20 bits per heavy atom. The van der Waals surface area contributed by atoms with Crippen molar-refractivity contribution < 1.29 is 17.9 Å². The first-order chi connectivity index (χ1) is 9.52. The smallest absolute Gasteiger partial charge is 0.381 e. The van der Waals surface area contributed by atoms with Gasteiger partial charge in [0.2, 0.25) is 0 Å². The van der Waals surface area contributed by atoms with Crippen LogP contribution in [0.1, 0.15) is 29.9 Å². The summed E-state index contributed by atoms with van der Waals surface area (Å²) in [7, 11) is 1.82. The predicted molar refractivity (Wildman–Crippen MR) is 71.7 cm³/mol. The average Bonchev–Trinajstić information content (AvgIpc) is 2.45. The van der Waals surface area contributed by atoms with Crippen molar-refractivity contribution in [3.63, 3.8) is 0 Å². The highest BCUT2D eigenvalue weighted by Gasteiger charge is 2.32. The summed E-state index contributed by atoms with van der Waals surface area (Å²) in [6, 6.07) is 5.67. The molecule has 0 aliphatic carbocycles. The van der Waals surface area contributed by atoms with Gasteiger partial charge in [0.15, 0.2) is 0 Å². The molecule has 0 spiro atoms. The van der Waals surface area contributed by atoms with E-state index in [4.69, 9.17) is 4.74 Å². The zero-order chi connectivity index (χ0) is 14.6. The van der Waals surface area contributed by atoms with Crippen LogP contribution in [0.4, 0.5) is 13.2 Å². The summed E-state index contributed by atoms with van der Waals surface area (Å²) in [6.07, 6.45) is -2.31. The van der Waals surface area contributed by atoms with Crippen LogP contribution in [0.5, 0.6) is 0 Å². The highest BCUT2D eigenvalue weighted by molar-refractivity contribution is 5.29. The maximum Gasteiger partial charge on any atom is 0.416 e. The van der Waals surface area contributed by atoms with Gasteiger partial charge in [-0.1, -0.05) is 18.2 Å². The Morgan fingerprint density at radius 3 is 2.80 bits per heavy atom. The van der Waals surface area contributed by atoms with Crippen LogP contribution in [-0.2, 0) is 10.9 Å². The summed E-state index contributed by atoms with van der Waals surface area (Å²) in [5.41, 5.74) is 0.164. The van der Waals surface area contributed by atoms with E-state index >= 15 is 0 Å². The fourth-order valence-electron chi connectivity index (χ4n) is 2.81. The van der Waals surface area contributed by atoms with Gasteiger partial charge in [0.1, 0.15) is 0 Å². The van der Waals surface area contributed by atoms with Crippen LogP contribution in [0.15, 0.2) is 24.3 Å². The van der Waals surface area contributed by atoms with Crippen LogP contribution in [0, 0.1) is 5.92 Å². The molecule has 2 nitrogen and oxygen atoms in total. The van der Waals surface area contributed by atoms with Gasteiger partial charge >= 0.3 is 6.18 Å². The molecule has 1 aromatic carbocycles. The number of ether oxygens (including phenoxy) is 1. The molecule has 2 atom stereocenters. The van der Waals surface area contributed by atoms with Crippen LogP contribution in [0.2, 0.25) is 0 Å². The van der Waals surface area contributed by atoms with Crippen molar-refractivity contribution in [3.05, 3.63) is 35.4 Å². The largest absolute Gasteiger partial charge is 0.416 e. The molecule has 0 bridgehead atoms. The second-order valence-electron chi connectivity index (χ2n) is 5.26. The highest BCUT2D eigenvalue weighted by atomic mass is 19.4. The Bertz CT molecular complexity index is 427. The van der Waals surface area contributed by atoms with Crippen molar-refractivity contribution >= 4 is 0 Å². The lowest BCUT2D eigenvalue weighted by molar-refractivity contribution is -0.137. The molecule has 0 saturated carbocycles. The fraction of sp³-hybridized carbons (Fsp3) is 0.600. The van der Waals surface area contributed by atoms with Gasteiger partial charge in [0, 0.05) is 19.1 Å². The van der Waals surface area contributed by atoms with E-state index in [0.717, 1.165) is 31.1 Å². The molecule has 1 heterocycles. The van der Waals surface area contributed by atoms with Crippen molar-refractivity contribution in [3.8, 4) is 0 Å². The van der Waals surface area contributed by atoms with Crippen molar-refractivity contribution in [2.75, 3.05) is 26.8 Å². The van der Waals surface area contributed by atoms with E-state index in [-0.39, 0.29) is 11.8 Å². The molecule has 1 N–H and O–H groups in total. The van der Waals surface area contributed by atoms with Crippen LogP contribution in [0.3, 0.4) is 0 Å². The number of likely N-dealkylation sites (N-methyl/N-ethyl adjacent to an activating group) is 1. The van der Waals surface area contributed by atoms with E-state index < -0.39 is 11.7 Å². The van der Waals surface area contributed by atoms with Crippen LogP contribution < -0.4 is 5.32 Å². The molecule has 5 heteroatoms. The zero-order valence-corrected chi connectivity index (χ0v) is 11.5. The molecule has 1 aromatic rings. The third-order valence-corrected chi connectivity index (χ3v) is 3.83. The first-order valence-electron chi connectivity index (χ1n) is 6.92. The van der Waals surface area contributed by atoms with Crippen LogP contribution in [-0.4, -0.2) is 26.8 Å². The third kappa shape index (κ3) is 3.73. The van der Waals surface area contributed by atoms with Crippen molar-refractivity contribution in [2.45, 2.75) is 24.9 Å². The first-order valence-corrected chi connectivity index (χ1v) is 6.92. The van der Waals surface area contributed by atoms with Gasteiger partial charge in [0.25, 0.3) is 0 Å². The standard InChI is InChI=1S/C15H20F3NO/c1-19-9-14(12-5-3-7-20-10-12)11-4-2-6-13(8-11)15(16,17)18/h2,4,6,8,12,14,19H,3,5,7,9-10H2,1H3. The van der Waals surface area contributed by atoms with Gasteiger partial charge in [-0.2, -0.15) is 13.2 Å². The normalized spacial score (nSPS) is 21.7. The van der Waals surface area contributed by atoms with Crippen molar-refractivity contribution in [1.82, 2.24) is 5.32 Å². The molecule has 1 fully saturated rings. The summed E-state index contributed by atoms with van der Waals surface area (Å²) < 4.78 is 43.9. The fourth-order valence-corrected chi connectivity index (χ4v) is 2.81. The Balaban J connectivity index is 2.24. The number of alkyl halides is 3. The Morgan fingerprint density at radius 1 is 1.40 bits per heavy atom. The van der Waals surface area contributed by atoms with Gasteiger partial charge in [-0.15, -0.1) is 0 Å². The molecule has 1 saturated heterocycles. The van der Waals surface area contributed by atoms with Gasteiger partial charge in [-0.05, 0) is 37.4 Å². The van der Waals surface area contributed by atoms with Crippen LogP contribution >= 0.6 is 0 Å². The molecule has 0 amide bonds. The van der Waals surface area contributed by atoms with E-state index in [1.165, 1.54) is 12.1 Å². The first kappa shape index (κ1) is 15.3. The quantitative estimate of drug-likeness (QED) is 0.916. The number of nitrogens with one attached hydrogen (secondary N) is 1. The minimum absolute atomic E-state index is 0.0580. The minimum Gasteiger partial charge on any atom is -0.381 e. The molecule has 20 heavy (non-hydrogen) atoms. The minimum atomic E-state index is -4.29. The van der Waals surface area contributed by atoms with E-state index in [1.807, 2.05) is 7.05 Å². The van der Waals surface area contributed by atoms with Gasteiger partial charge in [-0.3, -0.25) is 0 Å². The molecule has 0 aromatic heterocycles. The number of hydrogen-bond donors (Lipinski definition) is 1. The SMILES string of the molecule is CNCC(c1cccc(C(F)(F)F)c1)C1CCCOC1. The molecular weight excluding hydrogens is 267 g/mol. The van der Waals surface area contributed by atoms with Crippen LogP contribution in [0.25, 0.3) is 0 Å². The monoisotopic (exact) mass is 287 g/mol. The second-order valence-corrected chi connectivity index (χ2v) is 5.26. The lowest BCUT2D eigenvalue weighted by Gasteiger charge is -2.31. The topological polar surface area (TPSA) is 21.3 Å². The lowest BCUT2D eigenvalue weighted by Crippen LogP contribution is -2.30. The van der Waals surface area contributed by atoms with E-state index in [9.17, 15) is 13.2 Å². The number of benzene rings is 1. The molecule has 112 valence electrons. The van der Waals surface area contributed by atoms with Crippen molar-refractivity contribution in [1.29, 1.82) is 0 Å². The average molecular weight is 287 g/mol. The summed E-state index contributed by atoms with van der Waals surface area (Å²) in [5, 5.41) is 3.08. The van der Waals surface area contributed by atoms with Gasteiger partial charge < -0.3 is 10.1 Å². The molecule has 1 aliphatic rings. The molecule has 0 radical (unpaired) electrons. The Labute approximate surface area is 117 Å². The number of hydrogen-bond acceptors (Lipinski definition) is 2. The molecular formula is C15H20F3NO. The molecule has 1 aliphatic heterocycles. The number of rotatable bonds is 4. The van der Waals surface area contributed by atoms with Gasteiger partial charge in [-0.25, -0.2) is 0 Å². The summed E-state index contributed by atoms with van der Waals surface area (Å²) in [4.78, 5) is 0. The third-order valence-electron chi connectivity index (χ3n) is 3.83. The molecule has 2 rings (SSSR count).